The van der Waals surface area contributed by atoms with Gasteiger partial charge in [-0.05, 0) is 31.5 Å². The summed E-state index contributed by atoms with van der Waals surface area (Å²) >= 11 is 0. The molecule has 3 heterocycles. The first-order valence-electron chi connectivity index (χ1n) is 10.3. The van der Waals surface area contributed by atoms with E-state index in [1.807, 2.05) is 54.9 Å². The quantitative estimate of drug-likeness (QED) is 0.370. The van der Waals surface area contributed by atoms with E-state index in [2.05, 4.69) is 26.7 Å². The Labute approximate surface area is 178 Å². The molecule has 0 atom stereocenters. The summed E-state index contributed by atoms with van der Waals surface area (Å²) in [4.78, 5) is 19.0. The molecular weight excluding hydrogens is 388 g/mol. The van der Waals surface area contributed by atoms with Crippen molar-refractivity contribution >= 4 is 21.8 Å². The number of fused-ring (bicyclic) bond motifs is 2. The zero-order valence-electron chi connectivity index (χ0n) is 16.9. The zero-order valence-corrected chi connectivity index (χ0v) is 16.9. The summed E-state index contributed by atoms with van der Waals surface area (Å²) in [6.07, 6.45) is 5.75. The molecule has 0 unspecified atom stereocenters. The number of aromatic amines is 2. The van der Waals surface area contributed by atoms with E-state index in [-0.39, 0.29) is 11.4 Å². The van der Waals surface area contributed by atoms with Crippen molar-refractivity contribution in [2.24, 2.45) is 5.73 Å². The molecule has 0 radical (unpaired) electrons. The molecule has 0 aliphatic heterocycles. The average molecular weight is 410 g/mol. The molecule has 7 nitrogen and oxygen atoms in total. The van der Waals surface area contributed by atoms with Crippen molar-refractivity contribution in [3.63, 3.8) is 0 Å². The third kappa shape index (κ3) is 3.05. The average Bonchev–Trinajstić information content (AvgIpc) is 3.47. The first-order valence-corrected chi connectivity index (χ1v) is 10.3. The number of para-hydroxylation sites is 2. The maximum Gasteiger partial charge on any atom is 0.331 e. The Morgan fingerprint density at radius 3 is 2.61 bits per heavy atom. The third-order valence-corrected chi connectivity index (χ3v) is 5.71. The molecule has 4 N–H and O–H groups in total. The standard InChI is InChI=1S/C24H22N6O/c25-11-5-6-12-29-15-18(16-7-2-4-10-21(16)29)23-20(13-26)28-24(31)30(23)22-14-27-19-9-3-1-8-17(19)22/h1-4,7-10,14-15,27H,5-6,11-12,25H2,(H,28,31). The Bertz CT molecular complexity index is 1490. The van der Waals surface area contributed by atoms with Gasteiger partial charge in [-0.1, -0.05) is 36.4 Å². The van der Waals surface area contributed by atoms with Crippen LogP contribution in [0.5, 0.6) is 0 Å². The molecule has 0 saturated carbocycles. The second-order valence-electron chi connectivity index (χ2n) is 7.57. The predicted octanol–water partition coefficient (Wildman–Crippen LogP) is 3.88. The number of imidazole rings is 1. The van der Waals surface area contributed by atoms with Crippen molar-refractivity contribution in [1.29, 1.82) is 5.26 Å². The number of nitrogens with zero attached hydrogens (tertiary/aromatic N) is 3. The minimum Gasteiger partial charge on any atom is -0.359 e. The van der Waals surface area contributed by atoms with E-state index in [4.69, 9.17) is 5.73 Å². The molecule has 0 aliphatic rings. The molecule has 0 spiro atoms. The minimum atomic E-state index is -0.337. The Hall–Kier alpha value is -4.02. The molecule has 7 heteroatoms. The maximum absolute atomic E-state index is 13.0. The van der Waals surface area contributed by atoms with Crippen LogP contribution in [0.2, 0.25) is 0 Å². The highest BCUT2D eigenvalue weighted by Gasteiger charge is 2.22. The fraction of sp³-hybridized carbons (Fsp3) is 0.167. The number of hydrogen-bond acceptors (Lipinski definition) is 3. The van der Waals surface area contributed by atoms with E-state index in [0.29, 0.717) is 17.9 Å². The molecule has 0 bridgehead atoms. The van der Waals surface area contributed by atoms with Gasteiger partial charge in [-0.15, -0.1) is 0 Å². The number of aryl methyl sites for hydroxylation is 1. The van der Waals surface area contributed by atoms with Crippen LogP contribution in [-0.2, 0) is 6.54 Å². The van der Waals surface area contributed by atoms with Crippen LogP contribution >= 0.6 is 0 Å². The predicted molar refractivity (Wildman–Crippen MR) is 122 cm³/mol. The van der Waals surface area contributed by atoms with E-state index < -0.39 is 0 Å². The van der Waals surface area contributed by atoms with Gasteiger partial charge in [0.25, 0.3) is 0 Å². The molecule has 0 saturated heterocycles. The van der Waals surface area contributed by atoms with Crippen LogP contribution in [0.1, 0.15) is 18.5 Å². The Morgan fingerprint density at radius 2 is 1.81 bits per heavy atom. The summed E-state index contributed by atoms with van der Waals surface area (Å²) in [6, 6.07) is 18.1. The van der Waals surface area contributed by atoms with Crippen LogP contribution in [0.4, 0.5) is 0 Å². The van der Waals surface area contributed by atoms with Crippen molar-refractivity contribution in [1.82, 2.24) is 19.1 Å². The van der Waals surface area contributed by atoms with Crippen LogP contribution in [-0.4, -0.2) is 25.6 Å². The highest BCUT2D eigenvalue weighted by atomic mass is 16.1. The third-order valence-electron chi connectivity index (χ3n) is 5.71. The van der Waals surface area contributed by atoms with E-state index >= 15 is 0 Å². The van der Waals surface area contributed by atoms with Gasteiger partial charge in [-0.3, -0.25) is 9.55 Å². The van der Waals surface area contributed by atoms with Gasteiger partial charge >= 0.3 is 5.69 Å². The van der Waals surface area contributed by atoms with Gasteiger partial charge in [0.2, 0.25) is 0 Å². The highest BCUT2D eigenvalue weighted by molar-refractivity contribution is 5.97. The van der Waals surface area contributed by atoms with Crippen LogP contribution in [0.3, 0.4) is 0 Å². The first-order chi connectivity index (χ1) is 15.2. The van der Waals surface area contributed by atoms with Gasteiger partial charge in [-0.2, -0.15) is 5.26 Å². The van der Waals surface area contributed by atoms with E-state index in [1.165, 1.54) is 0 Å². The highest BCUT2D eigenvalue weighted by Crippen LogP contribution is 2.34. The van der Waals surface area contributed by atoms with Crippen LogP contribution in [0.15, 0.2) is 65.7 Å². The maximum atomic E-state index is 13.0. The Balaban J connectivity index is 1.78. The molecule has 0 aliphatic carbocycles. The van der Waals surface area contributed by atoms with Crippen molar-refractivity contribution in [2.75, 3.05) is 6.54 Å². The fourth-order valence-electron chi connectivity index (χ4n) is 4.29. The molecule has 3 aromatic heterocycles. The monoisotopic (exact) mass is 410 g/mol. The fourth-order valence-corrected chi connectivity index (χ4v) is 4.29. The number of rotatable bonds is 6. The van der Waals surface area contributed by atoms with Crippen LogP contribution in [0.25, 0.3) is 38.8 Å². The number of benzene rings is 2. The summed E-state index contributed by atoms with van der Waals surface area (Å²) in [5.41, 5.74) is 9.72. The van der Waals surface area contributed by atoms with Gasteiger partial charge < -0.3 is 15.3 Å². The van der Waals surface area contributed by atoms with Crippen molar-refractivity contribution < 1.29 is 0 Å². The van der Waals surface area contributed by atoms with Crippen molar-refractivity contribution in [3.05, 3.63) is 77.1 Å². The number of nitriles is 1. The van der Waals surface area contributed by atoms with E-state index in [0.717, 1.165) is 46.8 Å². The lowest BCUT2D eigenvalue weighted by Crippen LogP contribution is -2.15. The topological polar surface area (TPSA) is 108 Å². The smallest absolute Gasteiger partial charge is 0.331 e. The van der Waals surface area contributed by atoms with Gasteiger partial charge in [0, 0.05) is 46.3 Å². The number of unbranched alkanes of at least 4 members (excludes halogenated alkanes) is 1. The molecule has 0 fully saturated rings. The summed E-state index contributed by atoms with van der Waals surface area (Å²) in [6.45, 7) is 1.48. The summed E-state index contributed by atoms with van der Waals surface area (Å²) < 4.78 is 3.78. The molecule has 2 aromatic carbocycles. The number of aromatic nitrogens is 4. The molecule has 31 heavy (non-hydrogen) atoms. The number of nitrogens with one attached hydrogen (secondary N) is 2. The Morgan fingerprint density at radius 1 is 1.03 bits per heavy atom. The number of nitrogens with two attached hydrogens (primary N) is 1. The molecule has 5 rings (SSSR count). The molecule has 5 aromatic rings. The second-order valence-corrected chi connectivity index (χ2v) is 7.57. The Kier molecular flexibility index (Phi) is 4.69. The van der Waals surface area contributed by atoms with Gasteiger partial charge in [-0.25, -0.2) is 4.79 Å². The summed E-state index contributed by atoms with van der Waals surface area (Å²) in [5, 5.41) is 11.7. The lowest BCUT2D eigenvalue weighted by molar-refractivity contribution is 0.631. The van der Waals surface area contributed by atoms with Crippen molar-refractivity contribution in [3.8, 4) is 23.0 Å². The van der Waals surface area contributed by atoms with Gasteiger partial charge in [0.15, 0.2) is 0 Å². The van der Waals surface area contributed by atoms with E-state index in [1.54, 1.807) is 4.57 Å². The minimum absolute atomic E-state index is 0.250. The lowest BCUT2D eigenvalue weighted by Gasteiger charge is -2.06. The molecule has 154 valence electrons. The SMILES string of the molecule is N#Cc1[nH]c(=O)n(-c2c[nH]c3ccccc23)c1-c1cn(CCCCN)c2ccccc12. The number of hydrogen-bond donors (Lipinski definition) is 3. The normalized spacial score (nSPS) is 11.4. The lowest BCUT2D eigenvalue weighted by atomic mass is 10.1. The zero-order chi connectivity index (χ0) is 21.4. The van der Waals surface area contributed by atoms with Gasteiger partial charge in [0.1, 0.15) is 11.8 Å². The van der Waals surface area contributed by atoms with E-state index in [9.17, 15) is 10.1 Å². The summed E-state index contributed by atoms with van der Waals surface area (Å²) in [5.74, 6) is 0. The summed E-state index contributed by atoms with van der Waals surface area (Å²) in [7, 11) is 0. The molecular formula is C24H22N6O. The van der Waals surface area contributed by atoms with Gasteiger partial charge in [0.05, 0.1) is 11.4 Å². The van der Waals surface area contributed by atoms with Crippen LogP contribution in [0, 0.1) is 11.3 Å². The first kappa shape index (κ1) is 19.0. The second kappa shape index (κ2) is 7.67. The van der Waals surface area contributed by atoms with Crippen LogP contribution < -0.4 is 11.4 Å². The molecule has 0 amide bonds. The van der Waals surface area contributed by atoms with Crippen molar-refractivity contribution in [2.45, 2.75) is 19.4 Å². The number of H-pyrrole nitrogens is 2. The largest absolute Gasteiger partial charge is 0.359 e.